The standard InChI is InChI=1S/C15H19F3N2O3.ClH/c16-15(17,18)11-2-1-3-13(6-11)23-9-12(21)8-20-14(22)10-4-5-19-7-10;/h1-3,6,10,12,19,21H,4-5,7-9H2,(H,20,22);1H. The van der Waals surface area contributed by atoms with Crippen molar-refractivity contribution in [1.82, 2.24) is 10.6 Å². The molecule has 0 spiro atoms. The highest BCUT2D eigenvalue weighted by atomic mass is 35.5. The van der Waals surface area contributed by atoms with Gasteiger partial charge in [-0.25, -0.2) is 0 Å². The number of hydrogen-bond donors (Lipinski definition) is 3. The maximum atomic E-state index is 12.6. The number of hydrogen-bond acceptors (Lipinski definition) is 4. The maximum absolute atomic E-state index is 12.6. The molecular formula is C15H20ClF3N2O3. The van der Waals surface area contributed by atoms with Gasteiger partial charge in [-0.05, 0) is 31.2 Å². The Labute approximate surface area is 144 Å². The number of amides is 1. The lowest BCUT2D eigenvalue weighted by Gasteiger charge is -2.15. The van der Waals surface area contributed by atoms with E-state index >= 15 is 0 Å². The zero-order valence-corrected chi connectivity index (χ0v) is 13.6. The van der Waals surface area contributed by atoms with E-state index < -0.39 is 17.8 Å². The van der Waals surface area contributed by atoms with E-state index in [-0.39, 0.29) is 43.1 Å². The Balaban J connectivity index is 0.00000288. The quantitative estimate of drug-likeness (QED) is 0.713. The smallest absolute Gasteiger partial charge is 0.416 e. The molecule has 1 aromatic rings. The van der Waals surface area contributed by atoms with Crippen LogP contribution in [-0.2, 0) is 11.0 Å². The number of nitrogens with one attached hydrogen (secondary N) is 2. The number of aliphatic hydroxyl groups excluding tert-OH is 1. The van der Waals surface area contributed by atoms with Gasteiger partial charge in [0, 0.05) is 13.1 Å². The molecule has 136 valence electrons. The molecule has 1 amide bonds. The molecule has 1 fully saturated rings. The van der Waals surface area contributed by atoms with Crippen LogP contribution < -0.4 is 15.4 Å². The van der Waals surface area contributed by atoms with Crippen LogP contribution >= 0.6 is 12.4 Å². The van der Waals surface area contributed by atoms with Crippen LogP contribution in [0.4, 0.5) is 13.2 Å². The summed E-state index contributed by atoms with van der Waals surface area (Å²) in [6.07, 6.45) is -4.69. The lowest BCUT2D eigenvalue weighted by molar-refractivity contribution is -0.137. The second-order valence-electron chi connectivity index (χ2n) is 5.43. The Morgan fingerprint density at radius 1 is 1.46 bits per heavy atom. The van der Waals surface area contributed by atoms with Crippen molar-refractivity contribution in [2.45, 2.75) is 18.7 Å². The number of aliphatic hydroxyl groups is 1. The molecule has 0 saturated carbocycles. The average molecular weight is 369 g/mol. The van der Waals surface area contributed by atoms with Crippen molar-refractivity contribution < 1.29 is 27.8 Å². The highest BCUT2D eigenvalue weighted by molar-refractivity contribution is 5.85. The molecule has 1 aromatic carbocycles. The van der Waals surface area contributed by atoms with Gasteiger partial charge in [-0.1, -0.05) is 6.07 Å². The van der Waals surface area contributed by atoms with Crippen LogP contribution in [0.1, 0.15) is 12.0 Å². The van der Waals surface area contributed by atoms with Crippen LogP contribution in [0, 0.1) is 5.92 Å². The molecule has 2 atom stereocenters. The molecule has 1 aliphatic heterocycles. The van der Waals surface area contributed by atoms with Crippen LogP contribution in [0.3, 0.4) is 0 Å². The molecule has 0 aliphatic carbocycles. The molecule has 0 bridgehead atoms. The first-order valence-electron chi connectivity index (χ1n) is 7.33. The predicted octanol–water partition coefficient (Wildman–Crippen LogP) is 1.59. The lowest BCUT2D eigenvalue weighted by Crippen LogP contribution is -2.39. The Morgan fingerprint density at radius 3 is 2.83 bits per heavy atom. The second-order valence-corrected chi connectivity index (χ2v) is 5.43. The first-order valence-corrected chi connectivity index (χ1v) is 7.33. The molecule has 3 N–H and O–H groups in total. The van der Waals surface area contributed by atoms with E-state index in [2.05, 4.69) is 10.6 Å². The summed E-state index contributed by atoms with van der Waals surface area (Å²) in [4.78, 5) is 11.8. The molecule has 1 heterocycles. The molecule has 24 heavy (non-hydrogen) atoms. The van der Waals surface area contributed by atoms with Gasteiger partial charge in [-0.3, -0.25) is 4.79 Å². The number of alkyl halides is 3. The van der Waals surface area contributed by atoms with Crippen LogP contribution in [0.2, 0.25) is 0 Å². The van der Waals surface area contributed by atoms with Crippen LogP contribution in [-0.4, -0.2) is 43.4 Å². The third-order valence-electron chi connectivity index (χ3n) is 3.55. The molecule has 9 heteroatoms. The highest BCUT2D eigenvalue weighted by Crippen LogP contribution is 2.31. The van der Waals surface area contributed by atoms with Gasteiger partial charge in [-0.2, -0.15) is 13.2 Å². The van der Waals surface area contributed by atoms with E-state index in [1.165, 1.54) is 12.1 Å². The maximum Gasteiger partial charge on any atom is 0.416 e. The van der Waals surface area contributed by atoms with Gasteiger partial charge >= 0.3 is 6.18 Å². The van der Waals surface area contributed by atoms with Gasteiger partial charge in [0.1, 0.15) is 18.5 Å². The molecule has 0 aromatic heterocycles. The Bertz CT molecular complexity index is 537. The van der Waals surface area contributed by atoms with Crippen molar-refractivity contribution in [1.29, 1.82) is 0 Å². The van der Waals surface area contributed by atoms with Gasteiger partial charge in [0.25, 0.3) is 0 Å². The van der Waals surface area contributed by atoms with Gasteiger partial charge in [0.05, 0.1) is 11.5 Å². The van der Waals surface area contributed by atoms with E-state index in [9.17, 15) is 23.1 Å². The van der Waals surface area contributed by atoms with Crippen LogP contribution in [0.5, 0.6) is 5.75 Å². The SMILES string of the molecule is Cl.O=C(NCC(O)COc1cccc(C(F)(F)F)c1)C1CCNC1. The first-order chi connectivity index (χ1) is 10.9. The average Bonchev–Trinajstić information content (AvgIpc) is 3.04. The Morgan fingerprint density at radius 2 is 2.21 bits per heavy atom. The van der Waals surface area contributed by atoms with Crippen molar-refractivity contribution in [2.24, 2.45) is 5.92 Å². The summed E-state index contributed by atoms with van der Waals surface area (Å²) in [7, 11) is 0. The zero-order chi connectivity index (χ0) is 16.9. The fourth-order valence-corrected chi connectivity index (χ4v) is 2.25. The summed E-state index contributed by atoms with van der Waals surface area (Å²) >= 11 is 0. The monoisotopic (exact) mass is 368 g/mol. The van der Waals surface area contributed by atoms with Crippen LogP contribution in [0.25, 0.3) is 0 Å². The van der Waals surface area contributed by atoms with E-state index in [0.717, 1.165) is 25.1 Å². The molecule has 0 radical (unpaired) electrons. The number of ether oxygens (including phenoxy) is 1. The normalized spacial score (nSPS) is 18.6. The van der Waals surface area contributed by atoms with E-state index in [0.29, 0.717) is 6.54 Å². The summed E-state index contributed by atoms with van der Waals surface area (Å²) in [6, 6.07) is 4.43. The topological polar surface area (TPSA) is 70.6 Å². The Kier molecular flexibility index (Phi) is 7.78. The van der Waals surface area contributed by atoms with Crippen LogP contribution in [0.15, 0.2) is 24.3 Å². The zero-order valence-electron chi connectivity index (χ0n) is 12.8. The van der Waals surface area contributed by atoms with Gasteiger partial charge < -0.3 is 20.5 Å². The minimum absolute atomic E-state index is 0. The number of carbonyl (C=O) groups excluding carboxylic acids is 1. The first kappa shape index (κ1) is 20.5. The number of rotatable bonds is 6. The largest absolute Gasteiger partial charge is 0.491 e. The number of carbonyl (C=O) groups is 1. The summed E-state index contributed by atoms with van der Waals surface area (Å²) in [5, 5.41) is 15.4. The van der Waals surface area contributed by atoms with Gasteiger partial charge in [0.15, 0.2) is 0 Å². The fourth-order valence-electron chi connectivity index (χ4n) is 2.25. The molecule has 5 nitrogen and oxygen atoms in total. The summed E-state index contributed by atoms with van der Waals surface area (Å²) < 4.78 is 42.8. The summed E-state index contributed by atoms with van der Waals surface area (Å²) in [6.45, 7) is 1.20. The van der Waals surface area contributed by atoms with Crippen molar-refractivity contribution in [3.63, 3.8) is 0 Å². The molecule has 2 unspecified atom stereocenters. The molecule has 1 aliphatic rings. The van der Waals surface area contributed by atoms with Gasteiger partial charge in [0.2, 0.25) is 5.91 Å². The second kappa shape index (κ2) is 9.10. The molecular weight excluding hydrogens is 349 g/mol. The van der Waals surface area contributed by atoms with Crippen molar-refractivity contribution in [3.05, 3.63) is 29.8 Å². The molecule has 2 rings (SSSR count). The van der Waals surface area contributed by atoms with E-state index in [1.54, 1.807) is 0 Å². The van der Waals surface area contributed by atoms with Gasteiger partial charge in [-0.15, -0.1) is 12.4 Å². The third kappa shape index (κ3) is 6.18. The minimum atomic E-state index is -4.44. The lowest BCUT2D eigenvalue weighted by atomic mass is 10.1. The Hall–Kier alpha value is -1.51. The predicted molar refractivity (Wildman–Crippen MR) is 84.2 cm³/mol. The number of benzene rings is 1. The summed E-state index contributed by atoms with van der Waals surface area (Å²) in [5.74, 6) is -0.232. The summed E-state index contributed by atoms with van der Waals surface area (Å²) in [5.41, 5.74) is -0.813. The highest BCUT2D eigenvalue weighted by Gasteiger charge is 2.30. The van der Waals surface area contributed by atoms with Crippen molar-refractivity contribution in [2.75, 3.05) is 26.2 Å². The van der Waals surface area contributed by atoms with Crippen molar-refractivity contribution >= 4 is 18.3 Å². The van der Waals surface area contributed by atoms with E-state index in [1.807, 2.05) is 0 Å². The molecule has 1 saturated heterocycles. The number of halogens is 4. The fraction of sp³-hybridized carbons (Fsp3) is 0.533. The van der Waals surface area contributed by atoms with Crippen molar-refractivity contribution in [3.8, 4) is 5.75 Å². The minimum Gasteiger partial charge on any atom is -0.491 e. The van der Waals surface area contributed by atoms with E-state index in [4.69, 9.17) is 4.74 Å². The third-order valence-corrected chi connectivity index (χ3v) is 3.55.